The van der Waals surface area contributed by atoms with Gasteiger partial charge in [-0.15, -0.1) is 0 Å². The van der Waals surface area contributed by atoms with Gasteiger partial charge >= 0.3 is 0 Å². The number of hydrogen-bond donors (Lipinski definition) is 1. The third-order valence-corrected chi connectivity index (χ3v) is 4.99. The Bertz CT molecular complexity index is 280. The maximum absolute atomic E-state index is 4.89. The van der Waals surface area contributed by atoms with E-state index in [2.05, 4.69) is 26.1 Å². The van der Waals surface area contributed by atoms with Crippen molar-refractivity contribution >= 4 is 16.9 Å². The highest BCUT2D eigenvalue weighted by molar-refractivity contribution is 8.13. The second kappa shape index (κ2) is 5.64. The third-order valence-electron chi connectivity index (χ3n) is 4.07. The molecule has 0 aromatic carbocycles. The molecule has 3 heteroatoms. The Hall–Kier alpha value is -0.180. The first-order valence-electron chi connectivity index (χ1n) is 7.08. The summed E-state index contributed by atoms with van der Waals surface area (Å²) >= 11 is 1.92. The zero-order valence-electron chi connectivity index (χ0n) is 11.5. The van der Waals surface area contributed by atoms with Crippen molar-refractivity contribution in [1.29, 1.82) is 0 Å². The molecule has 1 heterocycles. The van der Waals surface area contributed by atoms with Crippen molar-refractivity contribution in [3.8, 4) is 0 Å². The minimum atomic E-state index is 0.308. The van der Waals surface area contributed by atoms with Crippen LogP contribution in [0.25, 0.3) is 0 Å². The van der Waals surface area contributed by atoms with Gasteiger partial charge < -0.3 is 5.32 Å². The van der Waals surface area contributed by atoms with Crippen LogP contribution in [0.3, 0.4) is 0 Å². The molecule has 0 amide bonds. The first kappa shape index (κ1) is 13.3. The van der Waals surface area contributed by atoms with Crippen molar-refractivity contribution in [3.63, 3.8) is 0 Å². The van der Waals surface area contributed by atoms with Gasteiger partial charge in [0, 0.05) is 11.3 Å². The fourth-order valence-corrected chi connectivity index (χ4v) is 3.88. The molecule has 0 spiro atoms. The molecule has 98 valence electrons. The maximum Gasteiger partial charge on any atom is 0.157 e. The lowest BCUT2D eigenvalue weighted by atomic mass is 9.83. The third kappa shape index (κ3) is 3.64. The molecule has 1 aliphatic heterocycles. The van der Waals surface area contributed by atoms with Gasteiger partial charge in [-0.3, -0.25) is 4.99 Å². The van der Waals surface area contributed by atoms with Gasteiger partial charge in [0.2, 0.25) is 0 Å². The summed E-state index contributed by atoms with van der Waals surface area (Å²) in [6, 6.07) is 0.533. The van der Waals surface area contributed by atoms with Crippen LogP contribution in [0.2, 0.25) is 0 Å². The first-order chi connectivity index (χ1) is 8.09. The van der Waals surface area contributed by atoms with E-state index in [-0.39, 0.29) is 0 Å². The number of hydrogen-bond acceptors (Lipinski definition) is 3. The molecule has 1 unspecified atom stereocenters. The number of nitrogens with one attached hydrogen (secondary N) is 1. The highest BCUT2D eigenvalue weighted by Crippen LogP contribution is 2.30. The van der Waals surface area contributed by atoms with Crippen LogP contribution in [0.15, 0.2) is 4.99 Å². The largest absolute Gasteiger partial charge is 0.360 e. The lowest BCUT2D eigenvalue weighted by Gasteiger charge is -2.37. The molecule has 1 aliphatic carbocycles. The standard InChI is InChI=1S/C14H26N2S/c1-11(2)12-7-10-17-13(15-12)16-14(3)8-5-4-6-9-14/h11-12H,4-10H2,1-3H3,(H,15,16). The normalized spacial score (nSPS) is 28.9. The molecule has 1 saturated carbocycles. The molecule has 0 aromatic heterocycles. The lowest BCUT2D eigenvalue weighted by molar-refractivity contribution is 0.291. The van der Waals surface area contributed by atoms with E-state index in [0.29, 0.717) is 17.5 Å². The molecule has 1 atom stereocenters. The minimum Gasteiger partial charge on any atom is -0.360 e. The summed E-state index contributed by atoms with van der Waals surface area (Å²) in [4.78, 5) is 4.89. The Morgan fingerprint density at radius 1 is 1.29 bits per heavy atom. The van der Waals surface area contributed by atoms with E-state index in [4.69, 9.17) is 4.99 Å². The van der Waals surface area contributed by atoms with E-state index in [1.165, 1.54) is 49.4 Å². The van der Waals surface area contributed by atoms with Gasteiger partial charge in [-0.2, -0.15) is 0 Å². The molecule has 2 nitrogen and oxygen atoms in total. The second-order valence-electron chi connectivity index (χ2n) is 6.13. The van der Waals surface area contributed by atoms with Crippen LogP contribution >= 0.6 is 11.8 Å². The van der Waals surface area contributed by atoms with E-state index >= 15 is 0 Å². The predicted molar refractivity (Wildman–Crippen MR) is 77.8 cm³/mol. The highest BCUT2D eigenvalue weighted by atomic mass is 32.2. The monoisotopic (exact) mass is 254 g/mol. The molecule has 0 saturated heterocycles. The lowest BCUT2D eigenvalue weighted by Crippen LogP contribution is -2.47. The maximum atomic E-state index is 4.89. The number of rotatable bonds is 2. The smallest absolute Gasteiger partial charge is 0.157 e. The van der Waals surface area contributed by atoms with E-state index in [9.17, 15) is 0 Å². The molecule has 2 rings (SSSR count). The molecular weight excluding hydrogens is 228 g/mol. The predicted octanol–water partition coefficient (Wildman–Crippen LogP) is 3.82. The summed E-state index contributed by atoms with van der Waals surface area (Å²) < 4.78 is 0. The number of nitrogens with zero attached hydrogens (tertiary/aromatic N) is 1. The average molecular weight is 254 g/mol. The van der Waals surface area contributed by atoms with Crippen LogP contribution in [-0.2, 0) is 0 Å². The van der Waals surface area contributed by atoms with Crippen LogP contribution < -0.4 is 5.32 Å². The van der Waals surface area contributed by atoms with Crippen molar-refractivity contribution in [1.82, 2.24) is 5.32 Å². The van der Waals surface area contributed by atoms with Gasteiger partial charge in [0.05, 0.1) is 6.04 Å². The van der Waals surface area contributed by atoms with Crippen LogP contribution in [0.1, 0.15) is 59.3 Å². The molecule has 1 fully saturated rings. The Balaban J connectivity index is 1.97. The van der Waals surface area contributed by atoms with Crippen molar-refractivity contribution in [2.45, 2.75) is 70.9 Å². The average Bonchev–Trinajstić information content (AvgIpc) is 2.29. The SMILES string of the molecule is CC(C)C1CCSC(NC2(C)CCCCC2)=N1. The van der Waals surface area contributed by atoms with Crippen molar-refractivity contribution in [2.75, 3.05) is 5.75 Å². The van der Waals surface area contributed by atoms with Gasteiger partial charge in [0.15, 0.2) is 5.17 Å². The Morgan fingerprint density at radius 3 is 2.65 bits per heavy atom. The number of amidine groups is 1. The highest BCUT2D eigenvalue weighted by Gasteiger charge is 2.29. The van der Waals surface area contributed by atoms with Crippen molar-refractivity contribution in [2.24, 2.45) is 10.9 Å². The van der Waals surface area contributed by atoms with Crippen LogP contribution in [0.5, 0.6) is 0 Å². The fraction of sp³-hybridized carbons (Fsp3) is 0.929. The van der Waals surface area contributed by atoms with E-state index in [0.717, 1.165) is 0 Å². The zero-order chi connectivity index (χ0) is 12.3. The van der Waals surface area contributed by atoms with Crippen molar-refractivity contribution < 1.29 is 0 Å². The summed E-state index contributed by atoms with van der Waals surface area (Å²) in [6.45, 7) is 6.93. The van der Waals surface area contributed by atoms with E-state index in [1.54, 1.807) is 0 Å². The molecule has 1 N–H and O–H groups in total. The topological polar surface area (TPSA) is 24.4 Å². The first-order valence-corrected chi connectivity index (χ1v) is 8.06. The summed E-state index contributed by atoms with van der Waals surface area (Å²) in [5, 5.41) is 4.94. The van der Waals surface area contributed by atoms with E-state index < -0.39 is 0 Å². The summed E-state index contributed by atoms with van der Waals surface area (Å²) in [5.74, 6) is 1.90. The van der Waals surface area contributed by atoms with Crippen LogP contribution in [0.4, 0.5) is 0 Å². The van der Waals surface area contributed by atoms with Gasteiger partial charge in [0.1, 0.15) is 0 Å². The molecule has 2 aliphatic rings. The van der Waals surface area contributed by atoms with Crippen LogP contribution in [0, 0.1) is 5.92 Å². The van der Waals surface area contributed by atoms with Gasteiger partial charge in [-0.25, -0.2) is 0 Å². The minimum absolute atomic E-state index is 0.308. The summed E-state index contributed by atoms with van der Waals surface area (Å²) in [6.07, 6.45) is 8.00. The Kier molecular flexibility index (Phi) is 4.40. The summed E-state index contributed by atoms with van der Waals surface area (Å²) in [7, 11) is 0. The van der Waals surface area contributed by atoms with Gasteiger partial charge in [-0.05, 0) is 32.1 Å². The number of thioether (sulfide) groups is 1. The van der Waals surface area contributed by atoms with Crippen molar-refractivity contribution in [3.05, 3.63) is 0 Å². The second-order valence-corrected chi connectivity index (χ2v) is 7.21. The molecule has 0 radical (unpaired) electrons. The number of aliphatic imine (C=N–C) groups is 1. The van der Waals surface area contributed by atoms with Gasteiger partial charge in [0.25, 0.3) is 0 Å². The molecular formula is C14H26N2S. The quantitative estimate of drug-likeness (QED) is 0.810. The van der Waals surface area contributed by atoms with Crippen LogP contribution in [-0.4, -0.2) is 22.5 Å². The van der Waals surface area contributed by atoms with E-state index in [1.807, 2.05) is 11.8 Å². The Labute approximate surface area is 110 Å². The Morgan fingerprint density at radius 2 is 2.00 bits per heavy atom. The fourth-order valence-electron chi connectivity index (χ4n) is 2.79. The molecule has 0 bridgehead atoms. The summed E-state index contributed by atoms with van der Waals surface area (Å²) in [5.41, 5.74) is 0.308. The van der Waals surface area contributed by atoms with Gasteiger partial charge in [-0.1, -0.05) is 44.9 Å². The zero-order valence-corrected chi connectivity index (χ0v) is 12.3. The molecule has 17 heavy (non-hydrogen) atoms. The molecule has 0 aromatic rings.